The third-order valence-electron chi connectivity index (χ3n) is 3.89. The van der Waals surface area contributed by atoms with Crippen molar-refractivity contribution in [1.29, 1.82) is 0 Å². The summed E-state index contributed by atoms with van der Waals surface area (Å²) in [5.74, 6) is 0. The Morgan fingerprint density at radius 1 is 0.933 bits per heavy atom. The summed E-state index contributed by atoms with van der Waals surface area (Å²) < 4.78 is 0. The number of rotatable bonds is 1. The molecule has 0 spiro atoms. The molecule has 2 fully saturated rings. The van der Waals surface area contributed by atoms with Gasteiger partial charge in [-0.1, -0.05) is 19.3 Å². The molecular formula is C12H22NO2. The van der Waals surface area contributed by atoms with Crippen molar-refractivity contribution >= 4 is 0 Å². The Morgan fingerprint density at radius 2 is 1.60 bits per heavy atom. The highest BCUT2D eigenvalue weighted by molar-refractivity contribution is 4.84. The lowest BCUT2D eigenvalue weighted by molar-refractivity contribution is -0.0165. The topological polar surface area (TPSA) is 43.4 Å². The van der Waals surface area contributed by atoms with Crippen LogP contribution in [0.15, 0.2) is 0 Å². The Morgan fingerprint density at radius 3 is 2.33 bits per heavy atom. The molecule has 2 rings (SSSR count). The monoisotopic (exact) mass is 212 g/mol. The van der Waals surface area contributed by atoms with E-state index in [1.807, 2.05) is 0 Å². The van der Waals surface area contributed by atoms with Crippen molar-refractivity contribution in [3.8, 4) is 0 Å². The number of nitrogens with zero attached hydrogens (tertiary/aromatic N) is 1. The van der Waals surface area contributed by atoms with E-state index in [1.54, 1.807) is 0 Å². The summed E-state index contributed by atoms with van der Waals surface area (Å²) in [6.07, 6.45) is 6.74. The molecule has 1 saturated heterocycles. The lowest BCUT2D eigenvalue weighted by Crippen LogP contribution is -2.47. The van der Waals surface area contributed by atoms with E-state index in [2.05, 4.69) is 4.90 Å². The molecule has 1 heterocycles. The summed E-state index contributed by atoms with van der Waals surface area (Å²) in [5.41, 5.74) is 0. The van der Waals surface area contributed by atoms with Crippen LogP contribution in [0.25, 0.3) is 0 Å². The van der Waals surface area contributed by atoms with Gasteiger partial charge in [0.2, 0.25) is 0 Å². The van der Waals surface area contributed by atoms with Crippen LogP contribution in [0, 0.1) is 0 Å². The SMILES string of the molecule is [O]C1CCN(C2CCCCCC2O)CC1. The molecule has 3 heteroatoms. The van der Waals surface area contributed by atoms with Crippen LogP contribution in [0.1, 0.15) is 44.9 Å². The summed E-state index contributed by atoms with van der Waals surface area (Å²) in [6, 6.07) is 0.333. The molecule has 87 valence electrons. The molecule has 2 atom stereocenters. The Kier molecular flexibility index (Phi) is 4.00. The normalized spacial score (nSPS) is 36.4. The number of piperidine rings is 1. The highest BCUT2D eigenvalue weighted by Crippen LogP contribution is 2.25. The van der Waals surface area contributed by atoms with Crippen molar-refractivity contribution in [2.24, 2.45) is 0 Å². The van der Waals surface area contributed by atoms with E-state index < -0.39 is 0 Å². The molecule has 1 saturated carbocycles. The molecule has 0 aromatic heterocycles. The van der Waals surface area contributed by atoms with Crippen LogP contribution in [-0.2, 0) is 5.11 Å². The second-order valence-electron chi connectivity index (χ2n) is 5.01. The fourth-order valence-electron chi connectivity index (χ4n) is 2.90. The standard InChI is InChI=1S/C12H22NO2/c14-10-6-8-13(9-7-10)11-4-2-1-3-5-12(11)15/h10-12,15H,1-9H2. The van der Waals surface area contributed by atoms with Gasteiger partial charge in [0.15, 0.2) is 0 Å². The Bertz CT molecular complexity index is 190. The summed E-state index contributed by atoms with van der Waals surface area (Å²) in [5, 5.41) is 21.3. The number of hydrogen-bond donors (Lipinski definition) is 1. The second kappa shape index (κ2) is 5.28. The average molecular weight is 212 g/mol. The molecule has 0 amide bonds. The number of likely N-dealkylation sites (tertiary alicyclic amines) is 1. The zero-order chi connectivity index (χ0) is 10.7. The first kappa shape index (κ1) is 11.4. The smallest absolute Gasteiger partial charge is 0.0954 e. The van der Waals surface area contributed by atoms with Crippen LogP contribution in [-0.4, -0.2) is 41.3 Å². The number of aliphatic hydroxyl groups is 1. The molecule has 15 heavy (non-hydrogen) atoms. The van der Waals surface area contributed by atoms with Crippen molar-refractivity contribution in [1.82, 2.24) is 4.90 Å². The predicted molar refractivity (Wildman–Crippen MR) is 58.2 cm³/mol. The first-order chi connectivity index (χ1) is 7.27. The lowest BCUT2D eigenvalue weighted by atomic mass is 9.99. The first-order valence-electron chi connectivity index (χ1n) is 6.35. The van der Waals surface area contributed by atoms with Crippen LogP contribution >= 0.6 is 0 Å². The van der Waals surface area contributed by atoms with Gasteiger partial charge in [-0.05, 0) is 25.7 Å². The van der Waals surface area contributed by atoms with E-state index in [0.29, 0.717) is 6.04 Å². The molecular weight excluding hydrogens is 190 g/mol. The second-order valence-corrected chi connectivity index (χ2v) is 5.01. The van der Waals surface area contributed by atoms with E-state index in [4.69, 9.17) is 0 Å². The minimum atomic E-state index is -0.357. The van der Waals surface area contributed by atoms with E-state index in [0.717, 1.165) is 45.2 Å². The molecule has 3 nitrogen and oxygen atoms in total. The molecule has 0 aromatic rings. The van der Waals surface area contributed by atoms with Gasteiger partial charge in [0.25, 0.3) is 0 Å². The van der Waals surface area contributed by atoms with E-state index >= 15 is 0 Å². The van der Waals surface area contributed by atoms with Gasteiger partial charge in [0.05, 0.1) is 12.2 Å². The quantitative estimate of drug-likeness (QED) is 0.671. The van der Waals surface area contributed by atoms with E-state index in [9.17, 15) is 10.2 Å². The minimum absolute atomic E-state index is 0.157. The van der Waals surface area contributed by atoms with Gasteiger partial charge in [-0.15, -0.1) is 0 Å². The summed E-state index contributed by atoms with van der Waals surface area (Å²) in [6.45, 7) is 1.80. The van der Waals surface area contributed by atoms with Gasteiger partial charge in [-0.25, -0.2) is 5.11 Å². The molecule has 2 aliphatic rings. The predicted octanol–water partition coefficient (Wildman–Crippen LogP) is 1.57. The van der Waals surface area contributed by atoms with Gasteiger partial charge in [-0.2, -0.15) is 0 Å². The van der Waals surface area contributed by atoms with Crippen LogP contribution in [0.2, 0.25) is 0 Å². The molecule has 0 aromatic carbocycles. The van der Waals surface area contributed by atoms with E-state index in [-0.39, 0.29) is 12.2 Å². The molecule has 1 aliphatic carbocycles. The highest BCUT2D eigenvalue weighted by atomic mass is 16.3. The maximum absolute atomic E-state index is 11.2. The van der Waals surface area contributed by atoms with E-state index in [1.165, 1.54) is 12.8 Å². The Labute approximate surface area is 92.1 Å². The Hall–Kier alpha value is -0.120. The number of aliphatic hydroxyl groups excluding tert-OH is 1. The number of hydrogen-bond acceptors (Lipinski definition) is 2. The summed E-state index contributed by atoms with van der Waals surface area (Å²) in [7, 11) is 0. The van der Waals surface area contributed by atoms with Crippen LogP contribution < -0.4 is 0 Å². The maximum Gasteiger partial charge on any atom is 0.0954 e. The fourth-order valence-corrected chi connectivity index (χ4v) is 2.90. The molecule has 1 N–H and O–H groups in total. The van der Waals surface area contributed by atoms with Gasteiger partial charge >= 0.3 is 0 Å². The maximum atomic E-state index is 11.2. The lowest BCUT2D eigenvalue weighted by Gasteiger charge is -2.37. The largest absolute Gasteiger partial charge is 0.391 e. The summed E-state index contributed by atoms with van der Waals surface area (Å²) in [4.78, 5) is 2.35. The van der Waals surface area contributed by atoms with Crippen molar-refractivity contribution in [2.45, 2.75) is 63.2 Å². The molecule has 2 unspecified atom stereocenters. The molecule has 1 radical (unpaired) electrons. The third kappa shape index (κ3) is 2.92. The third-order valence-corrected chi connectivity index (χ3v) is 3.89. The zero-order valence-corrected chi connectivity index (χ0v) is 9.40. The summed E-state index contributed by atoms with van der Waals surface area (Å²) >= 11 is 0. The van der Waals surface area contributed by atoms with Gasteiger partial charge < -0.3 is 5.11 Å². The van der Waals surface area contributed by atoms with Gasteiger partial charge in [0, 0.05) is 19.1 Å². The van der Waals surface area contributed by atoms with Crippen molar-refractivity contribution in [3.63, 3.8) is 0 Å². The highest BCUT2D eigenvalue weighted by Gasteiger charge is 2.30. The van der Waals surface area contributed by atoms with Crippen LogP contribution in [0.5, 0.6) is 0 Å². The minimum Gasteiger partial charge on any atom is -0.391 e. The average Bonchev–Trinajstić information content (AvgIpc) is 2.44. The van der Waals surface area contributed by atoms with Crippen LogP contribution in [0.3, 0.4) is 0 Å². The molecule has 0 bridgehead atoms. The van der Waals surface area contributed by atoms with Crippen LogP contribution in [0.4, 0.5) is 0 Å². The Balaban J connectivity index is 1.89. The zero-order valence-electron chi connectivity index (χ0n) is 9.40. The fraction of sp³-hybridized carbons (Fsp3) is 1.00. The first-order valence-corrected chi connectivity index (χ1v) is 6.35. The van der Waals surface area contributed by atoms with Crippen molar-refractivity contribution in [3.05, 3.63) is 0 Å². The van der Waals surface area contributed by atoms with Gasteiger partial charge in [-0.3, -0.25) is 4.90 Å². The van der Waals surface area contributed by atoms with Crippen molar-refractivity contribution in [2.75, 3.05) is 13.1 Å². The van der Waals surface area contributed by atoms with Crippen molar-refractivity contribution < 1.29 is 10.2 Å². The molecule has 1 aliphatic heterocycles. The van der Waals surface area contributed by atoms with Gasteiger partial charge in [0.1, 0.15) is 0 Å².